The lowest BCUT2D eigenvalue weighted by molar-refractivity contribution is 0.484. The standard InChI is InChI=1S/C18H23N/c1-4-12-18(19,16-8-6-5-7-9-16)17-11-10-14(2)15(3)13-17/h5-11,13H,4,12,19H2,1-3H3. The monoisotopic (exact) mass is 253 g/mol. The van der Waals surface area contributed by atoms with E-state index in [0.717, 1.165) is 12.8 Å². The van der Waals surface area contributed by atoms with Gasteiger partial charge in [-0.15, -0.1) is 0 Å². The predicted molar refractivity (Wildman–Crippen MR) is 82.2 cm³/mol. The normalized spacial score (nSPS) is 14.1. The van der Waals surface area contributed by atoms with E-state index in [-0.39, 0.29) is 5.54 Å². The minimum Gasteiger partial charge on any atom is -0.318 e. The quantitative estimate of drug-likeness (QED) is 0.863. The second-order valence-electron chi connectivity index (χ2n) is 5.39. The first-order valence-corrected chi connectivity index (χ1v) is 7.00. The molecule has 1 heteroatoms. The van der Waals surface area contributed by atoms with Crippen molar-refractivity contribution in [3.05, 3.63) is 70.8 Å². The fraction of sp³-hybridized carbons (Fsp3) is 0.333. The average molecular weight is 253 g/mol. The number of rotatable bonds is 4. The molecule has 2 aromatic carbocycles. The molecule has 19 heavy (non-hydrogen) atoms. The van der Waals surface area contributed by atoms with Gasteiger partial charge in [0.1, 0.15) is 0 Å². The summed E-state index contributed by atoms with van der Waals surface area (Å²) in [6.45, 7) is 6.47. The molecule has 0 bridgehead atoms. The molecule has 100 valence electrons. The third kappa shape index (κ3) is 2.71. The van der Waals surface area contributed by atoms with Gasteiger partial charge in [0, 0.05) is 0 Å². The fourth-order valence-corrected chi connectivity index (χ4v) is 2.60. The highest BCUT2D eigenvalue weighted by Gasteiger charge is 2.28. The summed E-state index contributed by atoms with van der Waals surface area (Å²) in [5, 5.41) is 0. The molecular formula is C18H23N. The molecule has 0 aliphatic carbocycles. The second-order valence-corrected chi connectivity index (χ2v) is 5.39. The minimum absolute atomic E-state index is 0.380. The Morgan fingerprint density at radius 3 is 2.16 bits per heavy atom. The van der Waals surface area contributed by atoms with Gasteiger partial charge in [-0.05, 0) is 42.5 Å². The van der Waals surface area contributed by atoms with Crippen molar-refractivity contribution < 1.29 is 0 Å². The van der Waals surface area contributed by atoms with E-state index in [1.807, 2.05) is 6.07 Å². The van der Waals surface area contributed by atoms with Crippen molar-refractivity contribution in [2.75, 3.05) is 0 Å². The largest absolute Gasteiger partial charge is 0.318 e. The first-order chi connectivity index (χ1) is 9.08. The van der Waals surface area contributed by atoms with Crippen LogP contribution < -0.4 is 5.73 Å². The Bertz CT molecular complexity index is 545. The molecule has 0 aromatic heterocycles. The van der Waals surface area contributed by atoms with Crippen LogP contribution in [0.25, 0.3) is 0 Å². The van der Waals surface area contributed by atoms with Gasteiger partial charge >= 0.3 is 0 Å². The van der Waals surface area contributed by atoms with Crippen LogP contribution in [0, 0.1) is 13.8 Å². The Morgan fingerprint density at radius 2 is 1.58 bits per heavy atom. The van der Waals surface area contributed by atoms with Crippen LogP contribution in [0.15, 0.2) is 48.5 Å². The van der Waals surface area contributed by atoms with Crippen molar-refractivity contribution in [3.63, 3.8) is 0 Å². The number of nitrogens with two attached hydrogens (primary N) is 1. The summed E-state index contributed by atoms with van der Waals surface area (Å²) >= 11 is 0. The fourth-order valence-electron chi connectivity index (χ4n) is 2.60. The average Bonchev–Trinajstić information content (AvgIpc) is 2.43. The predicted octanol–water partition coefficient (Wildman–Crippen LogP) is 4.31. The summed E-state index contributed by atoms with van der Waals surface area (Å²) in [4.78, 5) is 0. The van der Waals surface area contributed by atoms with Gasteiger partial charge in [0.2, 0.25) is 0 Å². The van der Waals surface area contributed by atoms with Gasteiger partial charge in [0.15, 0.2) is 0 Å². The number of benzene rings is 2. The highest BCUT2D eigenvalue weighted by atomic mass is 14.7. The van der Waals surface area contributed by atoms with E-state index in [1.54, 1.807) is 0 Å². The van der Waals surface area contributed by atoms with Crippen LogP contribution in [-0.2, 0) is 5.54 Å². The molecule has 0 heterocycles. The van der Waals surface area contributed by atoms with Crippen molar-refractivity contribution in [2.24, 2.45) is 5.73 Å². The van der Waals surface area contributed by atoms with Gasteiger partial charge in [0.05, 0.1) is 5.54 Å². The van der Waals surface area contributed by atoms with Crippen LogP contribution in [-0.4, -0.2) is 0 Å². The number of hydrogen-bond acceptors (Lipinski definition) is 1. The van der Waals surface area contributed by atoms with Gasteiger partial charge in [-0.1, -0.05) is 61.9 Å². The van der Waals surface area contributed by atoms with Gasteiger partial charge in [0.25, 0.3) is 0 Å². The van der Waals surface area contributed by atoms with Crippen molar-refractivity contribution in [3.8, 4) is 0 Å². The maximum absolute atomic E-state index is 6.77. The summed E-state index contributed by atoms with van der Waals surface area (Å²) in [5.74, 6) is 0. The molecular weight excluding hydrogens is 230 g/mol. The van der Waals surface area contributed by atoms with Gasteiger partial charge in [-0.3, -0.25) is 0 Å². The first-order valence-electron chi connectivity index (χ1n) is 7.00. The molecule has 2 aromatic rings. The maximum atomic E-state index is 6.77. The molecule has 1 unspecified atom stereocenters. The van der Waals surface area contributed by atoms with Crippen molar-refractivity contribution in [1.82, 2.24) is 0 Å². The Balaban J connectivity index is 2.52. The zero-order chi connectivity index (χ0) is 13.9. The Hall–Kier alpha value is -1.60. The van der Waals surface area contributed by atoms with E-state index in [1.165, 1.54) is 22.3 Å². The topological polar surface area (TPSA) is 26.0 Å². The highest BCUT2D eigenvalue weighted by molar-refractivity contribution is 5.41. The number of hydrogen-bond donors (Lipinski definition) is 1. The highest BCUT2D eigenvalue weighted by Crippen LogP contribution is 2.32. The van der Waals surface area contributed by atoms with Crippen LogP contribution >= 0.6 is 0 Å². The van der Waals surface area contributed by atoms with Crippen molar-refractivity contribution in [1.29, 1.82) is 0 Å². The van der Waals surface area contributed by atoms with Crippen LogP contribution in [0.1, 0.15) is 42.0 Å². The Labute approximate surface area is 116 Å². The van der Waals surface area contributed by atoms with E-state index < -0.39 is 0 Å². The molecule has 2 N–H and O–H groups in total. The molecule has 1 atom stereocenters. The van der Waals surface area contributed by atoms with Gasteiger partial charge < -0.3 is 5.73 Å². The summed E-state index contributed by atoms with van der Waals surface area (Å²) in [5.41, 5.74) is 11.4. The van der Waals surface area contributed by atoms with E-state index in [9.17, 15) is 0 Å². The Morgan fingerprint density at radius 1 is 0.895 bits per heavy atom. The molecule has 0 radical (unpaired) electrons. The van der Waals surface area contributed by atoms with E-state index in [2.05, 4.69) is 63.2 Å². The molecule has 0 amide bonds. The van der Waals surface area contributed by atoms with Crippen LogP contribution in [0.4, 0.5) is 0 Å². The maximum Gasteiger partial charge on any atom is 0.0665 e. The van der Waals surface area contributed by atoms with Gasteiger partial charge in [-0.2, -0.15) is 0 Å². The van der Waals surface area contributed by atoms with Gasteiger partial charge in [-0.25, -0.2) is 0 Å². The molecule has 2 rings (SSSR count). The zero-order valence-electron chi connectivity index (χ0n) is 12.1. The summed E-state index contributed by atoms with van der Waals surface area (Å²) in [6.07, 6.45) is 2.03. The van der Waals surface area contributed by atoms with E-state index in [0.29, 0.717) is 0 Å². The van der Waals surface area contributed by atoms with Crippen LogP contribution in [0.2, 0.25) is 0 Å². The first kappa shape index (κ1) is 13.8. The van der Waals surface area contributed by atoms with E-state index in [4.69, 9.17) is 5.73 Å². The molecule has 0 spiro atoms. The molecule has 0 aliphatic rings. The van der Waals surface area contributed by atoms with E-state index >= 15 is 0 Å². The van der Waals surface area contributed by atoms with Crippen molar-refractivity contribution >= 4 is 0 Å². The summed E-state index contributed by atoms with van der Waals surface area (Å²) in [6, 6.07) is 17.0. The number of aryl methyl sites for hydroxylation is 2. The second kappa shape index (κ2) is 5.58. The molecule has 0 aliphatic heterocycles. The third-order valence-corrected chi connectivity index (χ3v) is 3.96. The molecule has 0 saturated carbocycles. The summed E-state index contributed by atoms with van der Waals surface area (Å²) < 4.78 is 0. The third-order valence-electron chi connectivity index (χ3n) is 3.96. The smallest absolute Gasteiger partial charge is 0.0665 e. The zero-order valence-corrected chi connectivity index (χ0v) is 12.1. The molecule has 1 nitrogen and oxygen atoms in total. The SMILES string of the molecule is CCCC(N)(c1ccccc1)c1ccc(C)c(C)c1. The minimum atomic E-state index is -0.380. The lowest BCUT2D eigenvalue weighted by atomic mass is 9.79. The van der Waals surface area contributed by atoms with Crippen LogP contribution in [0.3, 0.4) is 0 Å². The van der Waals surface area contributed by atoms with Crippen molar-refractivity contribution in [2.45, 2.75) is 39.2 Å². The molecule has 0 saturated heterocycles. The lowest BCUT2D eigenvalue weighted by Gasteiger charge is -2.31. The Kier molecular flexibility index (Phi) is 4.06. The molecule has 0 fully saturated rings. The summed E-state index contributed by atoms with van der Waals surface area (Å²) in [7, 11) is 0. The van der Waals surface area contributed by atoms with Crippen LogP contribution in [0.5, 0.6) is 0 Å². The lowest BCUT2D eigenvalue weighted by Crippen LogP contribution is -2.37.